The lowest BCUT2D eigenvalue weighted by Gasteiger charge is -2.12. The van der Waals surface area contributed by atoms with Crippen LogP contribution >= 0.6 is 23.1 Å². The second-order valence-electron chi connectivity index (χ2n) is 6.60. The highest BCUT2D eigenvalue weighted by Crippen LogP contribution is 2.34. The Bertz CT molecular complexity index is 1300. The van der Waals surface area contributed by atoms with Gasteiger partial charge >= 0.3 is 6.18 Å². The van der Waals surface area contributed by atoms with Crippen molar-refractivity contribution >= 4 is 56.2 Å². The number of nitrogens with one attached hydrogen (secondary N) is 1. The van der Waals surface area contributed by atoms with Crippen LogP contribution in [0.3, 0.4) is 0 Å². The van der Waals surface area contributed by atoms with Crippen molar-refractivity contribution in [3.05, 3.63) is 41.9 Å². The average Bonchev–Trinajstić information content (AvgIpc) is 3.35. The highest BCUT2D eigenvalue weighted by atomic mass is 32.2. The predicted octanol–water partition coefficient (Wildman–Crippen LogP) is 4.55. The molecule has 0 aliphatic carbocycles. The summed E-state index contributed by atoms with van der Waals surface area (Å²) >= 11 is 1.35. The van der Waals surface area contributed by atoms with Gasteiger partial charge in [0.2, 0.25) is 21.2 Å². The number of alkyl halides is 3. The number of allylic oxidation sites excluding steroid dienone is 1. The van der Waals surface area contributed by atoms with Crippen LogP contribution in [0.4, 0.5) is 18.3 Å². The molecular weight excluding hydrogens is 463 g/mol. The smallest absolute Gasteiger partial charge is 0.320 e. The summed E-state index contributed by atoms with van der Waals surface area (Å²) in [6.07, 6.45) is -2.47. The van der Waals surface area contributed by atoms with E-state index in [1.807, 2.05) is 28.8 Å². The summed E-state index contributed by atoms with van der Waals surface area (Å²) < 4.78 is 40.1. The van der Waals surface area contributed by atoms with Crippen molar-refractivity contribution in [3.8, 4) is 0 Å². The zero-order chi connectivity index (χ0) is 22.9. The summed E-state index contributed by atoms with van der Waals surface area (Å²) in [5.41, 5.74) is 2.18. The first-order valence-corrected chi connectivity index (χ1v) is 11.1. The maximum Gasteiger partial charge on any atom is 0.445 e. The second-order valence-corrected chi connectivity index (χ2v) is 8.74. The van der Waals surface area contributed by atoms with E-state index in [0.717, 1.165) is 22.7 Å². The summed E-state index contributed by atoms with van der Waals surface area (Å²) in [6.45, 7) is 6.08. The zero-order valence-electron chi connectivity index (χ0n) is 16.6. The first-order valence-electron chi connectivity index (χ1n) is 9.42. The molecule has 1 aromatic carbocycles. The number of rotatable bonds is 7. The summed E-state index contributed by atoms with van der Waals surface area (Å²) in [7, 11) is 0. The minimum absolute atomic E-state index is 0.220. The molecule has 0 spiro atoms. The standard InChI is InChI=1S/C19H16F3N7OS2/c1-3-9-29-11-8-6-5-7-10(11)13-14(29)23-17(27-25-13)31-12(4-2)15(30)24-18-28-26-16(32-18)19(20,21)22/h3,5-8,12H,1,4,9H2,2H3,(H,24,28,30)/t12-/m1/s1. The fraction of sp³-hybridized carbons (Fsp3) is 0.263. The molecule has 8 nitrogen and oxygen atoms in total. The van der Waals surface area contributed by atoms with Crippen LogP contribution in [0, 0.1) is 0 Å². The van der Waals surface area contributed by atoms with Gasteiger partial charge in [-0.2, -0.15) is 13.2 Å². The van der Waals surface area contributed by atoms with Crippen LogP contribution in [0.5, 0.6) is 0 Å². The number of hydrogen-bond donors (Lipinski definition) is 1. The molecule has 3 aromatic heterocycles. The third-order valence-electron chi connectivity index (χ3n) is 4.47. The number of aromatic nitrogens is 6. The molecule has 0 aliphatic heterocycles. The maximum absolute atomic E-state index is 12.7. The highest BCUT2D eigenvalue weighted by molar-refractivity contribution is 8.00. The van der Waals surface area contributed by atoms with E-state index in [1.54, 1.807) is 13.0 Å². The maximum atomic E-state index is 12.7. The lowest BCUT2D eigenvalue weighted by atomic mass is 10.2. The van der Waals surface area contributed by atoms with Gasteiger partial charge in [0.25, 0.3) is 0 Å². The van der Waals surface area contributed by atoms with Crippen LogP contribution in [0.1, 0.15) is 18.4 Å². The largest absolute Gasteiger partial charge is 0.445 e. The lowest BCUT2D eigenvalue weighted by molar-refractivity contribution is -0.138. The van der Waals surface area contributed by atoms with Gasteiger partial charge in [-0.1, -0.05) is 54.3 Å². The number of hydrogen-bond acceptors (Lipinski definition) is 8. The van der Waals surface area contributed by atoms with Crippen LogP contribution in [-0.4, -0.2) is 41.1 Å². The Morgan fingerprint density at radius 2 is 2.06 bits per heavy atom. The number of halogens is 3. The number of carbonyl (C=O) groups excluding carboxylic acids is 1. The van der Waals surface area contributed by atoms with Crippen molar-refractivity contribution < 1.29 is 18.0 Å². The molecule has 32 heavy (non-hydrogen) atoms. The topological polar surface area (TPSA) is 98.5 Å². The average molecular weight is 480 g/mol. The molecule has 3 heterocycles. The number of para-hydroxylation sites is 1. The zero-order valence-corrected chi connectivity index (χ0v) is 18.3. The van der Waals surface area contributed by atoms with E-state index < -0.39 is 22.3 Å². The fourth-order valence-corrected chi connectivity index (χ4v) is 4.50. The monoisotopic (exact) mass is 479 g/mol. The summed E-state index contributed by atoms with van der Waals surface area (Å²) in [6, 6.07) is 7.70. The van der Waals surface area contributed by atoms with Crippen molar-refractivity contribution in [1.82, 2.24) is 29.9 Å². The molecule has 0 unspecified atom stereocenters. The van der Waals surface area contributed by atoms with E-state index in [1.165, 1.54) is 0 Å². The third-order valence-corrected chi connectivity index (χ3v) is 6.57. The van der Waals surface area contributed by atoms with E-state index >= 15 is 0 Å². The Morgan fingerprint density at radius 1 is 1.28 bits per heavy atom. The molecule has 0 saturated heterocycles. The summed E-state index contributed by atoms with van der Waals surface area (Å²) in [5.74, 6) is -0.516. The minimum atomic E-state index is -4.61. The Labute approximate surface area is 188 Å². The highest BCUT2D eigenvalue weighted by Gasteiger charge is 2.36. The summed E-state index contributed by atoms with van der Waals surface area (Å²) in [4.78, 5) is 17.2. The predicted molar refractivity (Wildman–Crippen MR) is 117 cm³/mol. The molecule has 13 heteroatoms. The Morgan fingerprint density at radius 3 is 2.75 bits per heavy atom. The van der Waals surface area contributed by atoms with Gasteiger partial charge < -0.3 is 4.57 Å². The van der Waals surface area contributed by atoms with E-state index in [9.17, 15) is 18.0 Å². The van der Waals surface area contributed by atoms with Gasteiger partial charge in [0, 0.05) is 11.9 Å². The molecule has 166 valence electrons. The van der Waals surface area contributed by atoms with Gasteiger partial charge in [0.15, 0.2) is 5.65 Å². The molecule has 1 N–H and O–H groups in total. The van der Waals surface area contributed by atoms with Crippen molar-refractivity contribution in [2.24, 2.45) is 0 Å². The van der Waals surface area contributed by atoms with Crippen molar-refractivity contribution in [2.75, 3.05) is 5.32 Å². The van der Waals surface area contributed by atoms with Crippen molar-refractivity contribution in [3.63, 3.8) is 0 Å². The van der Waals surface area contributed by atoms with Crippen molar-refractivity contribution in [1.29, 1.82) is 0 Å². The molecule has 0 bridgehead atoms. The first kappa shape index (κ1) is 22.1. The van der Waals surface area contributed by atoms with Gasteiger partial charge in [-0.15, -0.1) is 27.0 Å². The number of carbonyl (C=O) groups is 1. The molecule has 1 atom stereocenters. The van der Waals surface area contributed by atoms with Gasteiger partial charge in [-0.3, -0.25) is 10.1 Å². The van der Waals surface area contributed by atoms with Crippen LogP contribution in [-0.2, 0) is 17.5 Å². The number of fused-ring (bicyclic) bond motifs is 3. The quantitative estimate of drug-likeness (QED) is 0.307. The normalized spacial score (nSPS) is 12.9. The minimum Gasteiger partial charge on any atom is -0.320 e. The first-order chi connectivity index (χ1) is 15.3. The number of anilines is 1. The van der Waals surface area contributed by atoms with Crippen LogP contribution < -0.4 is 5.32 Å². The lowest BCUT2D eigenvalue weighted by Crippen LogP contribution is -2.24. The van der Waals surface area contributed by atoms with Gasteiger partial charge in [0.05, 0.1) is 10.8 Å². The molecule has 0 fully saturated rings. The number of benzene rings is 1. The van der Waals surface area contributed by atoms with E-state index in [-0.39, 0.29) is 21.6 Å². The molecule has 4 rings (SSSR count). The molecule has 4 aromatic rings. The van der Waals surface area contributed by atoms with Gasteiger partial charge in [0.1, 0.15) is 5.52 Å². The van der Waals surface area contributed by atoms with Gasteiger partial charge in [-0.05, 0) is 12.5 Å². The molecule has 0 saturated carbocycles. The Kier molecular flexibility index (Phi) is 6.11. The third kappa shape index (κ3) is 4.30. The molecular formula is C19H16F3N7OS2. The van der Waals surface area contributed by atoms with Crippen LogP contribution in [0.2, 0.25) is 0 Å². The molecule has 0 radical (unpaired) electrons. The van der Waals surface area contributed by atoms with E-state index in [2.05, 4.69) is 37.3 Å². The number of thioether (sulfide) groups is 1. The fourth-order valence-electron chi connectivity index (χ4n) is 3.08. The van der Waals surface area contributed by atoms with E-state index in [4.69, 9.17) is 0 Å². The van der Waals surface area contributed by atoms with Crippen LogP contribution in [0.25, 0.3) is 22.1 Å². The number of nitrogens with zero attached hydrogens (tertiary/aromatic N) is 6. The SMILES string of the molecule is C=CCn1c2ccccc2c2nnc(S[C@H](CC)C(=O)Nc3nnc(C(F)(F)F)s3)nc21. The summed E-state index contributed by atoms with van der Waals surface area (Å²) in [5, 5.41) is 16.5. The molecule has 1 amide bonds. The van der Waals surface area contributed by atoms with Crippen molar-refractivity contribution in [2.45, 2.75) is 36.5 Å². The number of amides is 1. The van der Waals surface area contributed by atoms with Crippen LogP contribution in [0.15, 0.2) is 42.1 Å². The second kappa shape index (κ2) is 8.82. The van der Waals surface area contributed by atoms with Gasteiger partial charge in [-0.25, -0.2) is 4.98 Å². The Hall–Kier alpha value is -3.06. The van der Waals surface area contributed by atoms with E-state index in [0.29, 0.717) is 24.1 Å². The Balaban J connectivity index is 1.59. The molecule has 0 aliphatic rings.